The summed E-state index contributed by atoms with van der Waals surface area (Å²) in [4.78, 5) is 0. The fraction of sp³-hybridized carbons (Fsp3) is 0.500. The van der Waals surface area contributed by atoms with Gasteiger partial charge in [-0.05, 0) is 0 Å². The molecule has 0 amide bonds. The van der Waals surface area contributed by atoms with Crippen LogP contribution in [-0.4, -0.2) is 6.67 Å². The van der Waals surface area contributed by atoms with Gasteiger partial charge in [-0.2, -0.15) is 0 Å². The van der Waals surface area contributed by atoms with Crippen molar-refractivity contribution in [3.63, 3.8) is 0 Å². The van der Waals surface area contributed by atoms with E-state index < -0.39 is 12.3 Å². The molecule has 0 atom stereocenters. The Kier molecular flexibility index (Phi) is 2.46. The number of hydrogen-bond acceptors (Lipinski definition) is 0. The summed E-state index contributed by atoms with van der Waals surface area (Å²) in [5.74, 6) is 0. The molecular formula is C2H2ClF2. The number of hydrogen-bond donors (Lipinski definition) is 0. The van der Waals surface area contributed by atoms with Gasteiger partial charge in [0, 0.05) is 0 Å². The first kappa shape index (κ1) is 5.15. The van der Waals surface area contributed by atoms with Crippen LogP contribution in [0.15, 0.2) is 0 Å². The van der Waals surface area contributed by atoms with Crippen LogP contribution < -0.4 is 0 Å². The van der Waals surface area contributed by atoms with Gasteiger partial charge >= 0.3 is 0 Å². The molecule has 0 aromatic carbocycles. The molecule has 0 saturated carbocycles. The summed E-state index contributed by atoms with van der Waals surface area (Å²) < 4.78 is 21.3. The van der Waals surface area contributed by atoms with Crippen molar-refractivity contribution in [3.8, 4) is 0 Å². The van der Waals surface area contributed by atoms with Crippen molar-refractivity contribution in [2.75, 3.05) is 6.67 Å². The van der Waals surface area contributed by atoms with Crippen molar-refractivity contribution >= 4 is 11.6 Å². The predicted octanol–water partition coefficient (Wildman–Crippen LogP) is 1.65. The van der Waals surface area contributed by atoms with Gasteiger partial charge in [-0.25, -0.2) is 8.78 Å². The Morgan fingerprint density at radius 2 is 2.00 bits per heavy atom. The van der Waals surface area contributed by atoms with Gasteiger partial charge in [-0.3, -0.25) is 0 Å². The topological polar surface area (TPSA) is 0 Å². The summed E-state index contributed by atoms with van der Waals surface area (Å²) >= 11 is 4.34. The third-order valence-corrected chi connectivity index (χ3v) is 0.202. The minimum atomic E-state index is -1.19. The fourth-order valence-electron chi connectivity index (χ4n) is 0. The molecule has 0 aliphatic carbocycles. The van der Waals surface area contributed by atoms with Gasteiger partial charge in [0.25, 0.3) is 5.63 Å². The highest BCUT2D eigenvalue weighted by Crippen LogP contribution is 2.05. The monoisotopic (exact) mass is 99.0 g/mol. The maximum Gasteiger partial charge on any atom is 0.261 e. The summed E-state index contributed by atoms with van der Waals surface area (Å²) in [5, 5.41) is 0. The molecule has 5 heavy (non-hydrogen) atoms. The standard InChI is InChI=1S/C2H2ClF2/c3-2(5)1-4/h1H2. The van der Waals surface area contributed by atoms with Crippen LogP contribution in [0.3, 0.4) is 0 Å². The zero-order valence-electron chi connectivity index (χ0n) is 2.34. The van der Waals surface area contributed by atoms with Crippen LogP contribution in [0.5, 0.6) is 0 Å². The van der Waals surface area contributed by atoms with E-state index in [1.54, 1.807) is 0 Å². The number of rotatable bonds is 1. The Bertz CT molecular complexity index is 21.6. The minimum Gasteiger partial charge on any atom is -0.246 e. The first-order valence-corrected chi connectivity index (χ1v) is 1.38. The van der Waals surface area contributed by atoms with Crippen LogP contribution in [0, 0.1) is 5.63 Å². The average Bonchev–Trinajstić information content (AvgIpc) is 1.38. The minimum absolute atomic E-state index is 1.18. The Balaban J connectivity index is 2.54. The summed E-state index contributed by atoms with van der Waals surface area (Å²) in [6, 6.07) is 0. The summed E-state index contributed by atoms with van der Waals surface area (Å²) in [6.07, 6.45) is 0. The van der Waals surface area contributed by atoms with Gasteiger partial charge in [0.1, 0.15) is 6.67 Å². The molecule has 0 aliphatic rings. The van der Waals surface area contributed by atoms with Gasteiger partial charge in [0.2, 0.25) is 0 Å². The highest BCUT2D eigenvalue weighted by Gasteiger charge is 1.95. The quantitative estimate of drug-likeness (QED) is 0.469. The van der Waals surface area contributed by atoms with Crippen molar-refractivity contribution in [3.05, 3.63) is 5.63 Å². The molecule has 3 heteroatoms. The second-order valence-corrected chi connectivity index (χ2v) is 0.882. The first-order valence-electron chi connectivity index (χ1n) is 0.999. The van der Waals surface area contributed by atoms with Crippen LogP contribution in [0.25, 0.3) is 0 Å². The van der Waals surface area contributed by atoms with Crippen LogP contribution in [0.2, 0.25) is 0 Å². The average molecular weight is 99.5 g/mol. The third-order valence-electron chi connectivity index (χ3n) is 0.101. The van der Waals surface area contributed by atoms with Crippen molar-refractivity contribution in [2.24, 2.45) is 0 Å². The Morgan fingerprint density at radius 3 is 2.00 bits per heavy atom. The maximum absolute atomic E-state index is 10.7. The lowest BCUT2D eigenvalue weighted by atomic mass is 10.9. The fourth-order valence-corrected chi connectivity index (χ4v) is 0. The zero-order chi connectivity index (χ0) is 4.28. The van der Waals surface area contributed by atoms with Gasteiger partial charge in [-0.1, -0.05) is 11.6 Å². The van der Waals surface area contributed by atoms with E-state index in [9.17, 15) is 8.78 Å². The van der Waals surface area contributed by atoms with E-state index in [0.717, 1.165) is 0 Å². The van der Waals surface area contributed by atoms with E-state index in [0.29, 0.717) is 0 Å². The zero-order valence-corrected chi connectivity index (χ0v) is 3.10. The lowest BCUT2D eigenvalue weighted by molar-refractivity contribution is 0.427. The van der Waals surface area contributed by atoms with Gasteiger partial charge in [-0.15, -0.1) is 0 Å². The first-order chi connectivity index (χ1) is 2.27. The molecule has 0 heterocycles. The SMILES string of the molecule is FC[C](F)Cl. The maximum atomic E-state index is 10.7. The summed E-state index contributed by atoms with van der Waals surface area (Å²) in [7, 11) is 0. The smallest absolute Gasteiger partial charge is 0.246 e. The molecule has 31 valence electrons. The molecule has 0 nitrogen and oxygen atoms in total. The predicted molar refractivity (Wildman–Crippen MR) is 16.2 cm³/mol. The van der Waals surface area contributed by atoms with E-state index in [2.05, 4.69) is 11.6 Å². The van der Waals surface area contributed by atoms with Crippen molar-refractivity contribution in [1.82, 2.24) is 0 Å². The molecule has 0 aliphatic heterocycles. The van der Waals surface area contributed by atoms with Gasteiger partial charge < -0.3 is 0 Å². The summed E-state index contributed by atoms with van der Waals surface area (Å²) in [6.45, 7) is -1.18. The normalized spacial score (nSPS) is 9.60. The highest BCUT2D eigenvalue weighted by atomic mass is 35.5. The molecule has 0 rings (SSSR count). The molecule has 0 aromatic rings. The van der Waals surface area contributed by atoms with Crippen LogP contribution in [0.1, 0.15) is 0 Å². The molecule has 0 unspecified atom stereocenters. The largest absolute Gasteiger partial charge is 0.261 e. The van der Waals surface area contributed by atoms with Crippen LogP contribution in [0.4, 0.5) is 8.78 Å². The lowest BCUT2D eigenvalue weighted by Crippen LogP contribution is -1.73. The second-order valence-electron chi connectivity index (χ2n) is 0.472. The van der Waals surface area contributed by atoms with Gasteiger partial charge in [0.15, 0.2) is 0 Å². The molecule has 0 spiro atoms. The van der Waals surface area contributed by atoms with E-state index in [1.165, 1.54) is 0 Å². The number of halogens is 3. The second kappa shape index (κ2) is 2.39. The lowest BCUT2D eigenvalue weighted by Gasteiger charge is -1.77. The molecule has 0 bridgehead atoms. The van der Waals surface area contributed by atoms with Crippen molar-refractivity contribution < 1.29 is 8.78 Å². The van der Waals surface area contributed by atoms with Gasteiger partial charge in [0.05, 0.1) is 0 Å². The van der Waals surface area contributed by atoms with E-state index in [1.807, 2.05) is 0 Å². The Morgan fingerprint density at radius 1 is 1.80 bits per heavy atom. The Hall–Kier alpha value is 0.150. The molecular weight excluding hydrogens is 97.5 g/mol. The van der Waals surface area contributed by atoms with Crippen LogP contribution in [-0.2, 0) is 0 Å². The van der Waals surface area contributed by atoms with E-state index in [-0.39, 0.29) is 0 Å². The molecule has 0 aromatic heterocycles. The van der Waals surface area contributed by atoms with E-state index in [4.69, 9.17) is 0 Å². The molecule has 0 N–H and O–H groups in total. The third kappa shape index (κ3) is 4.15. The van der Waals surface area contributed by atoms with Crippen LogP contribution >= 0.6 is 11.6 Å². The van der Waals surface area contributed by atoms with Crippen molar-refractivity contribution in [2.45, 2.75) is 0 Å². The van der Waals surface area contributed by atoms with Crippen molar-refractivity contribution in [1.29, 1.82) is 0 Å². The molecule has 0 fully saturated rings. The highest BCUT2D eigenvalue weighted by molar-refractivity contribution is 6.25. The Labute approximate surface area is 33.7 Å². The molecule has 1 radical (unpaired) electrons. The summed E-state index contributed by atoms with van der Waals surface area (Å²) in [5.41, 5.74) is -1.19. The van der Waals surface area contributed by atoms with E-state index >= 15 is 0 Å². The molecule has 0 saturated heterocycles. The number of alkyl halides is 1.